The molecule has 0 aliphatic heterocycles. The molecule has 0 unspecified atom stereocenters. The maximum Gasteiger partial charge on any atom is 0.265 e. The van der Waals surface area contributed by atoms with Gasteiger partial charge in [-0.05, 0) is 24.1 Å². The number of sulfonamides is 1. The van der Waals surface area contributed by atoms with Crippen molar-refractivity contribution in [3.63, 3.8) is 0 Å². The normalized spacial score (nSPS) is 11.8. The zero-order valence-electron chi connectivity index (χ0n) is 11.0. The molecule has 108 valence electrons. The number of hydrogen-bond donors (Lipinski definition) is 3. The Morgan fingerprint density at radius 3 is 2.60 bits per heavy atom. The summed E-state index contributed by atoms with van der Waals surface area (Å²) in [7, 11) is -3.90. The van der Waals surface area contributed by atoms with Crippen molar-refractivity contribution in [1.29, 1.82) is 0 Å². The SMILES string of the molecule is CC(C)c1cc(NS(=O)(=O)c2ccc(F)cc2N)n[nH]1. The van der Waals surface area contributed by atoms with E-state index in [4.69, 9.17) is 5.73 Å². The Morgan fingerprint density at radius 2 is 2.05 bits per heavy atom. The molecule has 0 aliphatic rings. The summed E-state index contributed by atoms with van der Waals surface area (Å²) in [4.78, 5) is -0.187. The first-order valence-corrected chi connectivity index (χ1v) is 7.41. The van der Waals surface area contributed by atoms with Gasteiger partial charge in [0.2, 0.25) is 0 Å². The van der Waals surface area contributed by atoms with Crippen LogP contribution in [0.25, 0.3) is 0 Å². The fourth-order valence-electron chi connectivity index (χ4n) is 1.64. The Kier molecular flexibility index (Phi) is 3.67. The number of benzene rings is 1. The second-order valence-corrected chi connectivity index (χ2v) is 6.30. The van der Waals surface area contributed by atoms with Gasteiger partial charge in [-0.25, -0.2) is 12.8 Å². The first kappa shape index (κ1) is 14.3. The number of rotatable bonds is 4. The van der Waals surface area contributed by atoms with E-state index in [1.165, 1.54) is 0 Å². The van der Waals surface area contributed by atoms with Crippen LogP contribution in [0.1, 0.15) is 25.5 Å². The number of H-pyrrole nitrogens is 1. The van der Waals surface area contributed by atoms with Gasteiger partial charge in [0, 0.05) is 11.8 Å². The summed E-state index contributed by atoms with van der Waals surface area (Å²) in [6.45, 7) is 3.90. The van der Waals surface area contributed by atoms with Gasteiger partial charge in [-0.1, -0.05) is 13.8 Å². The third-order valence-corrected chi connectivity index (χ3v) is 4.15. The molecule has 0 saturated heterocycles. The van der Waals surface area contributed by atoms with Crippen molar-refractivity contribution >= 4 is 21.5 Å². The van der Waals surface area contributed by atoms with Crippen molar-refractivity contribution in [2.24, 2.45) is 0 Å². The van der Waals surface area contributed by atoms with Gasteiger partial charge in [-0.2, -0.15) is 5.10 Å². The van der Waals surface area contributed by atoms with Crippen LogP contribution in [0.5, 0.6) is 0 Å². The maximum atomic E-state index is 12.9. The van der Waals surface area contributed by atoms with Crippen molar-refractivity contribution in [2.75, 3.05) is 10.5 Å². The van der Waals surface area contributed by atoms with Gasteiger partial charge in [0.25, 0.3) is 10.0 Å². The lowest BCUT2D eigenvalue weighted by Gasteiger charge is -2.07. The predicted molar refractivity (Wildman–Crippen MR) is 74.3 cm³/mol. The first-order valence-electron chi connectivity index (χ1n) is 5.93. The zero-order chi connectivity index (χ0) is 14.9. The van der Waals surface area contributed by atoms with Crippen LogP contribution in [0.2, 0.25) is 0 Å². The number of nitrogen functional groups attached to an aromatic ring is 1. The number of nitrogens with one attached hydrogen (secondary N) is 2. The quantitative estimate of drug-likeness (QED) is 0.752. The van der Waals surface area contributed by atoms with Crippen molar-refractivity contribution in [3.8, 4) is 0 Å². The number of aromatic amines is 1. The number of nitrogens with zero attached hydrogens (tertiary/aromatic N) is 1. The molecule has 20 heavy (non-hydrogen) atoms. The highest BCUT2D eigenvalue weighted by Gasteiger charge is 2.19. The van der Waals surface area contributed by atoms with E-state index in [9.17, 15) is 12.8 Å². The summed E-state index contributed by atoms with van der Waals surface area (Å²) < 4.78 is 39.5. The molecule has 2 aromatic rings. The third kappa shape index (κ3) is 2.90. The molecule has 6 nitrogen and oxygen atoms in total. The molecule has 0 saturated carbocycles. The van der Waals surface area contributed by atoms with E-state index in [2.05, 4.69) is 14.9 Å². The van der Waals surface area contributed by atoms with E-state index in [0.29, 0.717) is 0 Å². The van der Waals surface area contributed by atoms with Gasteiger partial charge in [-0.3, -0.25) is 9.82 Å². The molecule has 1 aromatic carbocycles. The minimum atomic E-state index is -3.90. The van der Waals surface area contributed by atoms with E-state index in [-0.39, 0.29) is 22.3 Å². The zero-order valence-corrected chi connectivity index (χ0v) is 11.8. The number of nitrogens with two attached hydrogens (primary N) is 1. The monoisotopic (exact) mass is 298 g/mol. The highest BCUT2D eigenvalue weighted by molar-refractivity contribution is 7.92. The molecule has 1 heterocycles. The highest BCUT2D eigenvalue weighted by atomic mass is 32.2. The van der Waals surface area contributed by atoms with E-state index in [1.54, 1.807) is 6.07 Å². The van der Waals surface area contributed by atoms with E-state index >= 15 is 0 Å². The third-order valence-electron chi connectivity index (χ3n) is 2.72. The molecule has 0 spiro atoms. The Balaban J connectivity index is 2.30. The molecule has 0 amide bonds. The fourth-order valence-corrected chi connectivity index (χ4v) is 2.75. The van der Waals surface area contributed by atoms with Gasteiger partial charge in [0.05, 0.1) is 5.69 Å². The molecular weight excluding hydrogens is 283 g/mol. The van der Waals surface area contributed by atoms with Crippen LogP contribution in [-0.2, 0) is 10.0 Å². The second-order valence-electron chi connectivity index (χ2n) is 4.65. The average molecular weight is 298 g/mol. The second kappa shape index (κ2) is 5.12. The summed E-state index contributed by atoms with van der Waals surface area (Å²) in [5.41, 5.74) is 6.17. The summed E-state index contributed by atoms with van der Waals surface area (Å²) >= 11 is 0. The van der Waals surface area contributed by atoms with Crippen molar-refractivity contribution in [2.45, 2.75) is 24.7 Å². The Hall–Kier alpha value is -2.09. The van der Waals surface area contributed by atoms with Gasteiger partial charge in [-0.15, -0.1) is 0 Å². The van der Waals surface area contributed by atoms with Crippen molar-refractivity contribution < 1.29 is 12.8 Å². The molecule has 0 radical (unpaired) electrons. The summed E-state index contributed by atoms with van der Waals surface area (Å²) in [6.07, 6.45) is 0. The topological polar surface area (TPSA) is 101 Å². The van der Waals surface area contributed by atoms with Crippen LogP contribution in [-0.4, -0.2) is 18.6 Å². The Bertz CT molecular complexity index is 725. The minimum absolute atomic E-state index is 0.155. The Morgan fingerprint density at radius 1 is 1.35 bits per heavy atom. The lowest BCUT2D eigenvalue weighted by Crippen LogP contribution is -2.15. The van der Waals surface area contributed by atoms with Crippen molar-refractivity contribution in [3.05, 3.63) is 35.8 Å². The van der Waals surface area contributed by atoms with Crippen LogP contribution in [0.15, 0.2) is 29.2 Å². The van der Waals surface area contributed by atoms with Crippen LogP contribution in [0.4, 0.5) is 15.9 Å². The highest BCUT2D eigenvalue weighted by Crippen LogP contribution is 2.22. The van der Waals surface area contributed by atoms with E-state index in [0.717, 1.165) is 23.9 Å². The van der Waals surface area contributed by atoms with Crippen LogP contribution >= 0.6 is 0 Å². The van der Waals surface area contributed by atoms with Gasteiger partial charge >= 0.3 is 0 Å². The lowest BCUT2D eigenvalue weighted by atomic mass is 10.1. The Labute approximate surface area is 116 Å². The van der Waals surface area contributed by atoms with E-state index < -0.39 is 15.8 Å². The largest absolute Gasteiger partial charge is 0.398 e. The molecule has 0 fully saturated rings. The molecule has 0 atom stereocenters. The first-order chi connectivity index (χ1) is 9.29. The minimum Gasteiger partial charge on any atom is -0.398 e. The van der Waals surface area contributed by atoms with Crippen molar-refractivity contribution in [1.82, 2.24) is 10.2 Å². The molecule has 8 heteroatoms. The molecule has 2 rings (SSSR count). The van der Waals surface area contributed by atoms with Gasteiger partial charge in [0.15, 0.2) is 5.82 Å². The standard InChI is InChI=1S/C12H15FN4O2S/c1-7(2)10-6-12(16-15-10)17-20(18,19)11-4-3-8(13)5-9(11)14/h3-7H,14H2,1-2H3,(H2,15,16,17). The molecule has 0 bridgehead atoms. The smallest absolute Gasteiger partial charge is 0.265 e. The molecule has 4 N–H and O–H groups in total. The molecular formula is C12H15FN4O2S. The van der Waals surface area contributed by atoms with Crippen LogP contribution in [0.3, 0.4) is 0 Å². The number of anilines is 2. The summed E-state index contributed by atoms with van der Waals surface area (Å²) in [5.74, 6) is -0.239. The van der Waals surface area contributed by atoms with Crippen LogP contribution < -0.4 is 10.5 Å². The molecule has 1 aromatic heterocycles. The number of aromatic nitrogens is 2. The summed E-state index contributed by atoms with van der Waals surface area (Å²) in [5, 5.41) is 6.60. The van der Waals surface area contributed by atoms with E-state index in [1.807, 2.05) is 13.8 Å². The summed E-state index contributed by atoms with van der Waals surface area (Å²) in [6, 6.07) is 4.71. The average Bonchev–Trinajstić information content (AvgIpc) is 2.76. The maximum absolute atomic E-state index is 12.9. The van der Waals surface area contributed by atoms with Crippen LogP contribution in [0, 0.1) is 5.82 Å². The van der Waals surface area contributed by atoms with Gasteiger partial charge in [0.1, 0.15) is 10.7 Å². The predicted octanol–water partition coefficient (Wildman–Crippen LogP) is 2.06. The lowest BCUT2D eigenvalue weighted by molar-refractivity contribution is 0.600. The fraction of sp³-hybridized carbons (Fsp3) is 0.250. The van der Waals surface area contributed by atoms with Gasteiger partial charge < -0.3 is 5.73 Å². The molecule has 0 aliphatic carbocycles. The number of halogens is 1. The number of hydrogen-bond acceptors (Lipinski definition) is 4.